The van der Waals surface area contributed by atoms with Crippen molar-refractivity contribution in [3.8, 4) is 17.6 Å². The van der Waals surface area contributed by atoms with Crippen molar-refractivity contribution in [3.63, 3.8) is 0 Å². The molecule has 0 bridgehead atoms. The maximum absolute atomic E-state index is 12.5. The molecule has 5 heteroatoms. The molecule has 0 saturated carbocycles. The lowest BCUT2D eigenvalue weighted by atomic mass is 10.1. The van der Waals surface area contributed by atoms with Crippen LogP contribution in [-0.4, -0.2) is 30.4 Å². The zero-order valence-electron chi connectivity index (χ0n) is 13.2. The lowest BCUT2D eigenvalue weighted by Gasteiger charge is -2.16. The summed E-state index contributed by atoms with van der Waals surface area (Å²) in [6.07, 6.45) is 0. The number of carbonyl (C=O) groups excluding carboxylic acids is 2. The number of ether oxygens (including phenoxy) is 1. The van der Waals surface area contributed by atoms with Crippen molar-refractivity contribution < 1.29 is 14.3 Å². The fraction of sp³-hybridized carbons (Fsp3) is 0.158. The number of methoxy groups -OCH3 is 1. The highest BCUT2D eigenvalue weighted by molar-refractivity contribution is 6.21. The molecule has 0 saturated heterocycles. The van der Waals surface area contributed by atoms with Gasteiger partial charge in [0.1, 0.15) is 5.75 Å². The second kappa shape index (κ2) is 6.57. The molecule has 0 aliphatic carbocycles. The molecule has 5 nitrogen and oxygen atoms in total. The predicted octanol–water partition coefficient (Wildman–Crippen LogP) is 1.80. The molecule has 0 unspecified atom stereocenters. The molecule has 0 atom stereocenters. The van der Waals surface area contributed by atoms with E-state index in [1.165, 1.54) is 4.90 Å². The van der Waals surface area contributed by atoms with Gasteiger partial charge in [-0.2, -0.15) is 0 Å². The van der Waals surface area contributed by atoms with Crippen LogP contribution in [0.3, 0.4) is 0 Å². The van der Waals surface area contributed by atoms with Gasteiger partial charge in [0.05, 0.1) is 31.3 Å². The minimum atomic E-state index is -0.295. The highest BCUT2D eigenvalue weighted by Gasteiger charge is 2.35. The fourth-order valence-electron chi connectivity index (χ4n) is 2.65. The second-order valence-electron chi connectivity index (χ2n) is 5.27. The number of imide groups is 1. The van der Waals surface area contributed by atoms with Gasteiger partial charge < -0.3 is 10.5 Å². The Labute approximate surface area is 140 Å². The van der Waals surface area contributed by atoms with Crippen molar-refractivity contribution in [2.75, 3.05) is 13.7 Å². The van der Waals surface area contributed by atoms with Crippen LogP contribution in [0.1, 0.15) is 31.8 Å². The first kappa shape index (κ1) is 15.8. The fourth-order valence-corrected chi connectivity index (χ4v) is 2.65. The maximum atomic E-state index is 12.5. The standard InChI is InChI=1S/C19H16N2O3/c1-24-15-9-8-13(5-4-10-20)14(11-15)12-21-18(22)16-6-2-3-7-17(16)19(21)23/h2-3,6-9,11H,10,12,20H2,1H3. The van der Waals surface area contributed by atoms with Crippen LogP contribution in [0.15, 0.2) is 42.5 Å². The van der Waals surface area contributed by atoms with E-state index in [-0.39, 0.29) is 24.9 Å². The van der Waals surface area contributed by atoms with Crippen molar-refractivity contribution in [2.24, 2.45) is 5.73 Å². The van der Waals surface area contributed by atoms with Gasteiger partial charge in [-0.05, 0) is 35.9 Å². The highest BCUT2D eigenvalue weighted by Crippen LogP contribution is 2.26. The summed E-state index contributed by atoms with van der Waals surface area (Å²) in [5.41, 5.74) is 7.75. The summed E-state index contributed by atoms with van der Waals surface area (Å²) >= 11 is 0. The lowest BCUT2D eigenvalue weighted by Crippen LogP contribution is -2.29. The van der Waals surface area contributed by atoms with Gasteiger partial charge in [-0.15, -0.1) is 0 Å². The smallest absolute Gasteiger partial charge is 0.261 e. The summed E-state index contributed by atoms with van der Waals surface area (Å²) in [4.78, 5) is 26.2. The highest BCUT2D eigenvalue weighted by atomic mass is 16.5. The minimum Gasteiger partial charge on any atom is -0.497 e. The molecule has 120 valence electrons. The Morgan fingerprint density at radius 2 is 1.75 bits per heavy atom. The number of benzene rings is 2. The Kier molecular flexibility index (Phi) is 4.32. The molecule has 0 radical (unpaired) electrons. The van der Waals surface area contributed by atoms with E-state index < -0.39 is 0 Å². The van der Waals surface area contributed by atoms with E-state index in [0.29, 0.717) is 16.9 Å². The number of hydrogen-bond acceptors (Lipinski definition) is 4. The van der Waals surface area contributed by atoms with Crippen molar-refractivity contribution in [3.05, 3.63) is 64.7 Å². The number of carbonyl (C=O) groups is 2. The van der Waals surface area contributed by atoms with Gasteiger partial charge in [0.15, 0.2) is 0 Å². The molecule has 1 aliphatic rings. The number of amides is 2. The van der Waals surface area contributed by atoms with Gasteiger partial charge in [0.25, 0.3) is 11.8 Å². The molecular formula is C19H16N2O3. The van der Waals surface area contributed by atoms with E-state index in [1.54, 1.807) is 49.6 Å². The van der Waals surface area contributed by atoms with Gasteiger partial charge in [0.2, 0.25) is 0 Å². The molecule has 0 fully saturated rings. The van der Waals surface area contributed by atoms with Crippen LogP contribution in [0.25, 0.3) is 0 Å². The molecule has 2 aromatic rings. The topological polar surface area (TPSA) is 72.6 Å². The van der Waals surface area contributed by atoms with E-state index in [0.717, 1.165) is 11.1 Å². The number of nitrogens with two attached hydrogens (primary N) is 1. The Morgan fingerprint density at radius 3 is 2.33 bits per heavy atom. The summed E-state index contributed by atoms with van der Waals surface area (Å²) in [5.74, 6) is 5.81. The van der Waals surface area contributed by atoms with E-state index in [1.807, 2.05) is 0 Å². The first-order valence-electron chi connectivity index (χ1n) is 7.46. The van der Waals surface area contributed by atoms with Crippen molar-refractivity contribution in [1.82, 2.24) is 4.90 Å². The molecule has 2 N–H and O–H groups in total. The normalized spacial score (nSPS) is 12.7. The Hall–Kier alpha value is -3.10. The summed E-state index contributed by atoms with van der Waals surface area (Å²) in [5, 5.41) is 0. The number of hydrogen-bond donors (Lipinski definition) is 1. The van der Waals surface area contributed by atoms with Crippen molar-refractivity contribution in [2.45, 2.75) is 6.54 Å². The molecule has 0 aromatic heterocycles. The Morgan fingerprint density at radius 1 is 1.08 bits per heavy atom. The summed E-state index contributed by atoms with van der Waals surface area (Å²) < 4.78 is 5.23. The van der Waals surface area contributed by atoms with Crippen LogP contribution in [0.2, 0.25) is 0 Å². The third kappa shape index (κ3) is 2.75. The maximum Gasteiger partial charge on any atom is 0.261 e. The van der Waals surface area contributed by atoms with E-state index in [9.17, 15) is 9.59 Å². The zero-order chi connectivity index (χ0) is 17.1. The molecule has 2 aromatic carbocycles. The molecule has 1 aliphatic heterocycles. The van der Waals surface area contributed by atoms with Gasteiger partial charge in [-0.3, -0.25) is 14.5 Å². The second-order valence-corrected chi connectivity index (χ2v) is 5.27. The number of fused-ring (bicyclic) bond motifs is 1. The molecule has 2 amide bonds. The van der Waals surface area contributed by atoms with Gasteiger partial charge >= 0.3 is 0 Å². The first-order chi connectivity index (χ1) is 11.7. The molecular weight excluding hydrogens is 304 g/mol. The van der Waals surface area contributed by atoms with Crippen LogP contribution >= 0.6 is 0 Å². The quantitative estimate of drug-likeness (QED) is 0.691. The lowest BCUT2D eigenvalue weighted by molar-refractivity contribution is 0.0642. The third-order valence-electron chi connectivity index (χ3n) is 3.84. The SMILES string of the molecule is COc1ccc(C#CCN)c(CN2C(=O)c3ccccc3C2=O)c1. The molecule has 24 heavy (non-hydrogen) atoms. The number of rotatable bonds is 3. The average molecular weight is 320 g/mol. The van der Waals surface area contributed by atoms with Crippen LogP contribution in [0, 0.1) is 11.8 Å². The van der Waals surface area contributed by atoms with Gasteiger partial charge in [-0.1, -0.05) is 24.0 Å². The molecule has 0 spiro atoms. The molecule has 1 heterocycles. The van der Waals surface area contributed by atoms with E-state index in [2.05, 4.69) is 11.8 Å². The summed E-state index contributed by atoms with van der Waals surface area (Å²) in [6, 6.07) is 12.2. The largest absolute Gasteiger partial charge is 0.497 e. The average Bonchev–Trinajstić information content (AvgIpc) is 2.86. The van der Waals surface area contributed by atoms with Crippen LogP contribution < -0.4 is 10.5 Å². The van der Waals surface area contributed by atoms with Crippen molar-refractivity contribution in [1.29, 1.82) is 0 Å². The van der Waals surface area contributed by atoms with Gasteiger partial charge in [0, 0.05) is 5.56 Å². The first-order valence-corrected chi connectivity index (χ1v) is 7.46. The third-order valence-corrected chi connectivity index (χ3v) is 3.84. The molecule has 3 rings (SSSR count). The Balaban J connectivity index is 1.97. The summed E-state index contributed by atoms with van der Waals surface area (Å²) in [6.45, 7) is 0.372. The zero-order valence-corrected chi connectivity index (χ0v) is 13.2. The van der Waals surface area contributed by atoms with Crippen LogP contribution in [0.5, 0.6) is 5.75 Å². The monoisotopic (exact) mass is 320 g/mol. The van der Waals surface area contributed by atoms with Crippen molar-refractivity contribution >= 4 is 11.8 Å². The Bertz CT molecular complexity index is 843. The predicted molar refractivity (Wildman–Crippen MR) is 89.6 cm³/mol. The minimum absolute atomic E-state index is 0.137. The summed E-state index contributed by atoms with van der Waals surface area (Å²) in [7, 11) is 1.56. The number of nitrogens with zero attached hydrogens (tertiary/aromatic N) is 1. The van der Waals surface area contributed by atoms with E-state index >= 15 is 0 Å². The van der Waals surface area contributed by atoms with Gasteiger partial charge in [-0.25, -0.2) is 0 Å². The van der Waals surface area contributed by atoms with Crippen LogP contribution in [-0.2, 0) is 6.54 Å². The van der Waals surface area contributed by atoms with Crippen LogP contribution in [0.4, 0.5) is 0 Å². The van der Waals surface area contributed by atoms with E-state index in [4.69, 9.17) is 10.5 Å².